The minimum absolute atomic E-state index is 0.0688. The quantitative estimate of drug-likeness (QED) is 0.841. The summed E-state index contributed by atoms with van der Waals surface area (Å²) in [7, 11) is 0. The lowest BCUT2D eigenvalue weighted by molar-refractivity contribution is -0.122. The number of nitrogens with zero attached hydrogens (tertiary/aromatic N) is 2. The summed E-state index contributed by atoms with van der Waals surface area (Å²) in [6.07, 6.45) is 0.961. The van der Waals surface area contributed by atoms with Crippen LogP contribution in [-0.4, -0.2) is 27.6 Å². The first-order valence-electron chi connectivity index (χ1n) is 6.45. The number of anilines is 1. The maximum atomic E-state index is 12.1. The Morgan fingerprint density at radius 1 is 1.53 bits per heavy atom. The second kappa shape index (κ2) is 4.68. The van der Waals surface area contributed by atoms with Crippen molar-refractivity contribution < 1.29 is 9.59 Å². The molecule has 6 nitrogen and oxygen atoms in total. The molecule has 2 rings (SSSR count). The van der Waals surface area contributed by atoms with E-state index in [0.29, 0.717) is 18.7 Å². The van der Waals surface area contributed by atoms with Crippen LogP contribution < -0.4 is 10.6 Å². The van der Waals surface area contributed by atoms with Crippen molar-refractivity contribution in [3.05, 3.63) is 11.8 Å². The largest absolute Gasteiger partial charge is 0.344 e. The van der Waals surface area contributed by atoms with Crippen LogP contribution in [0.25, 0.3) is 0 Å². The lowest BCUT2D eigenvalue weighted by atomic mass is 10.1. The molecule has 104 valence electrons. The zero-order valence-corrected chi connectivity index (χ0v) is 11.8. The molecule has 6 heteroatoms. The van der Waals surface area contributed by atoms with Gasteiger partial charge in [-0.15, -0.1) is 0 Å². The van der Waals surface area contributed by atoms with Gasteiger partial charge in [0.1, 0.15) is 11.9 Å². The van der Waals surface area contributed by atoms with Gasteiger partial charge in [0.05, 0.1) is 11.2 Å². The van der Waals surface area contributed by atoms with Crippen molar-refractivity contribution in [2.75, 3.05) is 5.32 Å². The van der Waals surface area contributed by atoms with Gasteiger partial charge in [0.25, 0.3) is 0 Å². The summed E-state index contributed by atoms with van der Waals surface area (Å²) in [5, 5.41) is 9.90. The smallest absolute Gasteiger partial charge is 0.248 e. The van der Waals surface area contributed by atoms with Crippen molar-refractivity contribution in [2.24, 2.45) is 0 Å². The summed E-state index contributed by atoms with van der Waals surface area (Å²) in [4.78, 5) is 23.2. The summed E-state index contributed by atoms with van der Waals surface area (Å²) in [6, 6.07) is 1.40. The van der Waals surface area contributed by atoms with Gasteiger partial charge in [-0.25, -0.2) is 4.68 Å². The number of aromatic nitrogens is 2. The highest BCUT2D eigenvalue weighted by molar-refractivity contribution is 5.98. The molecule has 1 atom stereocenters. The number of hydrogen-bond donors (Lipinski definition) is 2. The molecule has 1 unspecified atom stereocenters. The molecule has 0 aromatic carbocycles. The first-order valence-corrected chi connectivity index (χ1v) is 6.45. The fourth-order valence-electron chi connectivity index (χ4n) is 2.12. The Kier molecular flexibility index (Phi) is 3.34. The first kappa shape index (κ1) is 13.6. The van der Waals surface area contributed by atoms with Gasteiger partial charge in [0.15, 0.2) is 0 Å². The van der Waals surface area contributed by atoms with E-state index >= 15 is 0 Å². The van der Waals surface area contributed by atoms with Crippen LogP contribution in [0.4, 0.5) is 5.82 Å². The second-order valence-corrected chi connectivity index (χ2v) is 5.90. The third kappa shape index (κ3) is 2.94. The minimum atomic E-state index is -0.434. The van der Waals surface area contributed by atoms with Gasteiger partial charge in [-0.3, -0.25) is 9.59 Å². The maximum absolute atomic E-state index is 12.1. The van der Waals surface area contributed by atoms with Crippen LogP contribution in [0.1, 0.15) is 39.3 Å². The van der Waals surface area contributed by atoms with Crippen molar-refractivity contribution in [1.29, 1.82) is 0 Å². The lowest BCUT2D eigenvalue weighted by Gasteiger charge is -2.23. The molecule has 0 spiro atoms. The Hall–Kier alpha value is -1.85. The normalized spacial score (nSPS) is 19.4. The van der Waals surface area contributed by atoms with Gasteiger partial charge in [-0.1, -0.05) is 0 Å². The van der Waals surface area contributed by atoms with Crippen molar-refractivity contribution >= 4 is 17.6 Å². The monoisotopic (exact) mass is 264 g/mol. The van der Waals surface area contributed by atoms with Crippen LogP contribution in [-0.2, 0) is 15.1 Å². The highest BCUT2D eigenvalue weighted by atomic mass is 16.2. The van der Waals surface area contributed by atoms with E-state index in [1.54, 1.807) is 4.68 Å². The molecule has 1 aliphatic rings. The van der Waals surface area contributed by atoms with Crippen LogP contribution >= 0.6 is 0 Å². The third-order valence-corrected chi connectivity index (χ3v) is 3.03. The SMILES string of the molecule is Cc1cc(NC(=O)C2CCC(=O)N2)n(C(C)(C)C)n1. The fourth-order valence-corrected chi connectivity index (χ4v) is 2.12. The molecule has 0 radical (unpaired) electrons. The predicted octanol–water partition coefficient (Wildman–Crippen LogP) is 1.16. The van der Waals surface area contributed by atoms with Gasteiger partial charge in [-0.05, 0) is 34.1 Å². The number of amides is 2. The van der Waals surface area contributed by atoms with E-state index in [4.69, 9.17) is 0 Å². The molecule has 19 heavy (non-hydrogen) atoms. The zero-order valence-electron chi connectivity index (χ0n) is 11.8. The minimum Gasteiger partial charge on any atom is -0.344 e. The summed E-state index contributed by atoms with van der Waals surface area (Å²) >= 11 is 0. The van der Waals surface area contributed by atoms with Crippen LogP contribution in [0.3, 0.4) is 0 Å². The van der Waals surface area contributed by atoms with E-state index in [0.717, 1.165) is 5.69 Å². The molecule has 2 amide bonds. The number of nitrogens with one attached hydrogen (secondary N) is 2. The van der Waals surface area contributed by atoms with Gasteiger partial charge in [-0.2, -0.15) is 5.10 Å². The molecule has 1 aromatic heterocycles. The number of carbonyl (C=O) groups excluding carboxylic acids is 2. The van der Waals surface area contributed by atoms with Gasteiger partial charge >= 0.3 is 0 Å². The Morgan fingerprint density at radius 3 is 2.74 bits per heavy atom. The molecule has 2 heterocycles. The van der Waals surface area contributed by atoms with Crippen molar-refractivity contribution in [3.8, 4) is 0 Å². The van der Waals surface area contributed by atoms with Crippen LogP contribution in [0.15, 0.2) is 6.07 Å². The highest BCUT2D eigenvalue weighted by Crippen LogP contribution is 2.21. The van der Waals surface area contributed by atoms with Crippen molar-refractivity contribution in [2.45, 2.75) is 52.1 Å². The number of carbonyl (C=O) groups is 2. The fraction of sp³-hybridized carbons (Fsp3) is 0.615. The molecular weight excluding hydrogens is 244 g/mol. The summed E-state index contributed by atoms with van der Waals surface area (Å²) in [5.74, 6) is 0.410. The van der Waals surface area contributed by atoms with Crippen LogP contribution in [0.2, 0.25) is 0 Å². The molecule has 0 aliphatic carbocycles. The summed E-state index contributed by atoms with van der Waals surface area (Å²) in [5.41, 5.74) is 0.635. The molecule has 1 fully saturated rings. The molecule has 1 aromatic rings. The Balaban J connectivity index is 2.15. The molecule has 0 saturated carbocycles. The maximum Gasteiger partial charge on any atom is 0.248 e. The molecule has 1 aliphatic heterocycles. The van der Waals surface area contributed by atoms with Crippen LogP contribution in [0, 0.1) is 6.92 Å². The Bertz CT molecular complexity index is 513. The second-order valence-electron chi connectivity index (χ2n) is 5.90. The van der Waals surface area contributed by atoms with Gasteiger partial charge < -0.3 is 10.6 Å². The summed E-state index contributed by atoms with van der Waals surface area (Å²) in [6.45, 7) is 7.95. The Labute approximate surface area is 112 Å². The van der Waals surface area contributed by atoms with E-state index in [1.165, 1.54) is 0 Å². The standard InChI is InChI=1S/C13H20N4O2/c1-8-7-10(17(16-8)13(2,3)4)15-12(19)9-5-6-11(18)14-9/h7,9H,5-6H2,1-4H3,(H,14,18)(H,15,19). The number of hydrogen-bond acceptors (Lipinski definition) is 3. The molecule has 0 bridgehead atoms. The molecule has 1 saturated heterocycles. The average molecular weight is 264 g/mol. The highest BCUT2D eigenvalue weighted by Gasteiger charge is 2.28. The van der Waals surface area contributed by atoms with E-state index in [1.807, 2.05) is 33.8 Å². The van der Waals surface area contributed by atoms with Crippen LogP contribution in [0.5, 0.6) is 0 Å². The zero-order chi connectivity index (χ0) is 14.2. The predicted molar refractivity (Wildman–Crippen MR) is 71.8 cm³/mol. The Morgan fingerprint density at radius 2 is 2.21 bits per heavy atom. The van der Waals surface area contributed by atoms with E-state index in [-0.39, 0.29) is 17.4 Å². The van der Waals surface area contributed by atoms with Gasteiger partial charge in [0, 0.05) is 12.5 Å². The van der Waals surface area contributed by atoms with E-state index in [9.17, 15) is 9.59 Å². The molecular formula is C13H20N4O2. The van der Waals surface area contributed by atoms with Crippen molar-refractivity contribution in [1.82, 2.24) is 15.1 Å². The molecule has 2 N–H and O–H groups in total. The third-order valence-electron chi connectivity index (χ3n) is 3.03. The number of rotatable bonds is 2. The average Bonchev–Trinajstić information content (AvgIpc) is 2.84. The van der Waals surface area contributed by atoms with E-state index < -0.39 is 6.04 Å². The number of aryl methyl sites for hydroxylation is 1. The summed E-state index contributed by atoms with van der Waals surface area (Å²) < 4.78 is 1.79. The lowest BCUT2D eigenvalue weighted by Crippen LogP contribution is -2.38. The first-order chi connectivity index (χ1) is 8.77. The van der Waals surface area contributed by atoms with Gasteiger partial charge in [0.2, 0.25) is 11.8 Å². The van der Waals surface area contributed by atoms with Crippen molar-refractivity contribution in [3.63, 3.8) is 0 Å². The topological polar surface area (TPSA) is 76.0 Å². The van der Waals surface area contributed by atoms with E-state index in [2.05, 4.69) is 15.7 Å².